The van der Waals surface area contributed by atoms with Crippen LogP contribution in [0, 0.1) is 5.82 Å². The van der Waals surface area contributed by atoms with E-state index in [4.69, 9.17) is 16.3 Å². The molecule has 0 saturated heterocycles. The van der Waals surface area contributed by atoms with E-state index in [2.05, 4.69) is 26.6 Å². The van der Waals surface area contributed by atoms with Crippen LogP contribution in [0.25, 0.3) is 0 Å². The fourth-order valence-corrected chi connectivity index (χ4v) is 4.84. The summed E-state index contributed by atoms with van der Waals surface area (Å²) in [5.74, 6) is -0.351. The smallest absolute Gasteiger partial charge is 0.261 e. The number of fused-ring (bicyclic) bond motifs is 1. The first-order valence-corrected chi connectivity index (χ1v) is 11.3. The molecule has 1 aromatic heterocycles. The molecule has 1 unspecified atom stereocenters. The zero-order valence-electron chi connectivity index (χ0n) is 16.0. The summed E-state index contributed by atoms with van der Waals surface area (Å²) in [6.45, 7) is 4.17. The Kier molecular flexibility index (Phi) is 6.86. The molecule has 0 bridgehead atoms. The van der Waals surface area contributed by atoms with Crippen LogP contribution in [0.2, 0.25) is 5.02 Å². The summed E-state index contributed by atoms with van der Waals surface area (Å²) in [5, 5.41) is 6.42. The van der Waals surface area contributed by atoms with Crippen LogP contribution < -0.4 is 15.4 Å². The van der Waals surface area contributed by atoms with E-state index in [-0.39, 0.29) is 24.2 Å². The lowest BCUT2D eigenvalue weighted by atomic mass is 9.92. The predicted molar refractivity (Wildman–Crippen MR) is 115 cm³/mol. The number of rotatable bonds is 7. The molecule has 2 aromatic rings. The van der Waals surface area contributed by atoms with Crippen LogP contribution in [0.15, 0.2) is 28.1 Å². The topological polar surface area (TPSA) is 67.4 Å². The first-order chi connectivity index (χ1) is 13.8. The van der Waals surface area contributed by atoms with Crippen LogP contribution in [-0.4, -0.2) is 30.0 Å². The van der Waals surface area contributed by atoms with Gasteiger partial charge in [0.05, 0.1) is 19.2 Å². The van der Waals surface area contributed by atoms with Gasteiger partial charge in [0.15, 0.2) is 6.10 Å². The zero-order chi connectivity index (χ0) is 21.2. The van der Waals surface area contributed by atoms with Crippen molar-refractivity contribution >= 4 is 50.7 Å². The number of hydrogen-bond acceptors (Lipinski definition) is 4. The summed E-state index contributed by atoms with van der Waals surface area (Å²) >= 11 is 10.5. The molecule has 29 heavy (non-hydrogen) atoms. The van der Waals surface area contributed by atoms with Gasteiger partial charge in [0.2, 0.25) is 0 Å². The largest absolute Gasteiger partial charge is 0.480 e. The Hall–Kier alpha value is -1.64. The standard InChI is InChI=1S/C20H21BrClFN2O3S/c1-3-20(4-2,10-24-19(27)16-9-13(22)17(21)29-16)25-18(26)15-8-11-7-12(23)5-6-14(11)28-15/h5-7,9,15H,3-4,8,10H2,1-2H3,(H,24,27)(H,25,26). The fraction of sp³-hybridized carbons (Fsp3) is 0.400. The highest BCUT2D eigenvalue weighted by molar-refractivity contribution is 9.11. The van der Waals surface area contributed by atoms with Crippen LogP contribution >= 0.6 is 38.9 Å². The number of carbonyl (C=O) groups is 2. The molecule has 0 saturated carbocycles. The molecular weight excluding hydrogens is 483 g/mol. The maximum atomic E-state index is 13.4. The Bertz CT molecular complexity index is 913. The lowest BCUT2D eigenvalue weighted by molar-refractivity contribution is -0.129. The number of halogens is 3. The van der Waals surface area contributed by atoms with Gasteiger partial charge >= 0.3 is 0 Å². The van der Waals surface area contributed by atoms with E-state index in [0.29, 0.717) is 44.3 Å². The molecule has 3 rings (SSSR count). The maximum Gasteiger partial charge on any atom is 0.261 e. The van der Waals surface area contributed by atoms with Crippen molar-refractivity contribution in [2.24, 2.45) is 0 Å². The molecule has 2 N–H and O–H groups in total. The van der Waals surface area contributed by atoms with Gasteiger partial charge < -0.3 is 15.4 Å². The Morgan fingerprint density at radius 2 is 2.07 bits per heavy atom. The van der Waals surface area contributed by atoms with Gasteiger partial charge in [0.1, 0.15) is 11.6 Å². The lowest BCUT2D eigenvalue weighted by Crippen LogP contribution is -2.57. The molecular formula is C20H21BrClFN2O3S. The van der Waals surface area contributed by atoms with Gasteiger partial charge in [-0.25, -0.2) is 4.39 Å². The molecule has 2 heterocycles. The Morgan fingerprint density at radius 3 is 2.69 bits per heavy atom. The van der Waals surface area contributed by atoms with E-state index < -0.39 is 11.6 Å². The van der Waals surface area contributed by atoms with Crippen molar-refractivity contribution in [3.05, 3.63) is 49.3 Å². The van der Waals surface area contributed by atoms with Crippen LogP contribution in [-0.2, 0) is 11.2 Å². The van der Waals surface area contributed by atoms with E-state index in [9.17, 15) is 14.0 Å². The molecule has 5 nitrogen and oxygen atoms in total. The summed E-state index contributed by atoms with van der Waals surface area (Å²) in [7, 11) is 0. The van der Waals surface area contributed by atoms with E-state index in [1.165, 1.54) is 29.5 Å². The van der Waals surface area contributed by atoms with Crippen LogP contribution in [0.1, 0.15) is 41.9 Å². The maximum absolute atomic E-state index is 13.4. The summed E-state index contributed by atoms with van der Waals surface area (Å²) < 4.78 is 19.8. The van der Waals surface area contributed by atoms with Gasteiger partial charge in [-0.3, -0.25) is 9.59 Å². The van der Waals surface area contributed by atoms with Crippen molar-refractivity contribution in [3.8, 4) is 5.75 Å². The van der Waals surface area contributed by atoms with Crippen molar-refractivity contribution in [3.63, 3.8) is 0 Å². The number of ether oxygens (including phenoxy) is 1. The molecule has 0 aliphatic carbocycles. The second-order valence-corrected chi connectivity index (χ2v) is 9.73. The first-order valence-electron chi connectivity index (χ1n) is 9.27. The number of thiophene rings is 1. The molecule has 1 aromatic carbocycles. The number of benzene rings is 1. The van der Waals surface area contributed by atoms with Crippen molar-refractivity contribution in [2.75, 3.05) is 6.54 Å². The highest BCUT2D eigenvalue weighted by Crippen LogP contribution is 2.32. The molecule has 9 heteroatoms. The predicted octanol–water partition coefficient (Wildman–Crippen LogP) is 4.71. The molecule has 1 atom stereocenters. The molecule has 1 aliphatic rings. The summed E-state index contributed by atoms with van der Waals surface area (Å²) in [6.07, 6.45) is 0.848. The SMILES string of the molecule is CCC(CC)(CNC(=O)c1cc(Cl)c(Br)s1)NC(=O)C1Cc2cc(F)ccc2O1. The minimum absolute atomic E-state index is 0.247. The van der Waals surface area contributed by atoms with Gasteiger partial charge in [-0.2, -0.15) is 0 Å². The molecule has 156 valence electrons. The average molecular weight is 504 g/mol. The zero-order valence-corrected chi connectivity index (χ0v) is 19.1. The third-order valence-corrected chi connectivity index (χ3v) is 7.66. The number of hydrogen-bond donors (Lipinski definition) is 2. The van der Waals surface area contributed by atoms with Crippen molar-refractivity contribution in [2.45, 2.75) is 44.8 Å². The van der Waals surface area contributed by atoms with Crippen LogP contribution in [0.3, 0.4) is 0 Å². The second kappa shape index (κ2) is 9.02. The minimum atomic E-state index is -0.716. The van der Waals surface area contributed by atoms with Crippen LogP contribution in [0.5, 0.6) is 5.75 Å². The number of amides is 2. The Labute approximate surface area is 186 Å². The summed E-state index contributed by atoms with van der Waals surface area (Å²) in [5.41, 5.74) is 0.0613. The monoisotopic (exact) mass is 502 g/mol. The summed E-state index contributed by atoms with van der Waals surface area (Å²) in [4.78, 5) is 25.8. The average Bonchev–Trinajstić information content (AvgIpc) is 3.27. The fourth-order valence-electron chi connectivity index (χ4n) is 3.22. The molecule has 0 radical (unpaired) electrons. The third kappa shape index (κ3) is 4.92. The molecule has 2 amide bonds. The van der Waals surface area contributed by atoms with E-state index in [1.807, 2.05) is 13.8 Å². The molecule has 0 spiro atoms. The highest BCUT2D eigenvalue weighted by atomic mass is 79.9. The summed E-state index contributed by atoms with van der Waals surface area (Å²) in [6, 6.07) is 5.84. The molecule has 0 fully saturated rings. The van der Waals surface area contributed by atoms with E-state index >= 15 is 0 Å². The Balaban J connectivity index is 1.64. The lowest BCUT2D eigenvalue weighted by Gasteiger charge is -2.34. The first kappa shape index (κ1) is 22.1. The quantitative estimate of drug-likeness (QED) is 0.575. The van der Waals surface area contributed by atoms with E-state index in [1.54, 1.807) is 6.07 Å². The van der Waals surface area contributed by atoms with Crippen molar-refractivity contribution in [1.82, 2.24) is 10.6 Å². The van der Waals surface area contributed by atoms with Gasteiger partial charge in [-0.05, 0) is 53.0 Å². The number of carbonyl (C=O) groups excluding carboxylic acids is 2. The van der Waals surface area contributed by atoms with Crippen molar-refractivity contribution in [1.29, 1.82) is 0 Å². The number of nitrogens with one attached hydrogen (secondary N) is 2. The van der Waals surface area contributed by atoms with Gasteiger partial charge in [-0.1, -0.05) is 25.4 Å². The second-order valence-electron chi connectivity index (χ2n) is 6.95. The van der Waals surface area contributed by atoms with Gasteiger partial charge in [0, 0.05) is 18.5 Å². The van der Waals surface area contributed by atoms with E-state index in [0.717, 1.165) is 0 Å². The molecule has 1 aliphatic heterocycles. The third-order valence-electron chi connectivity index (χ3n) is 5.19. The van der Waals surface area contributed by atoms with Crippen LogP contribution in [0.4, 0.5) is 4.39 Å². The normalized spacial score (nSPS) is 15.6. The van der Waals surface area contributed by atoms with Gasteiger partial charge in [-0.15, -0.1) is 11.3 Å². The van der Waals surface area contributed by atoms with Crippen molar-refractivity contribution < 1.29 is 18.7 Å². The highest BCUT2D eigenvalue weighted by Gasteiger charge is 2.35. The Morgan fingerprint density at radius 1 is 1.34 bits per heavy atom. The van der Waals surface area contributed by atoms with Gasteiger partial charge in [0.25, 0.3) is 11.8 Å². The minimum Gasteiger partial charge on any atom is -0.480 e.